The molecule has 116 valence electrons. The zero-order valence-corrected chi connectivity index (χ0v) is 13.7. The predicted octanol–water partition coefficient (Wildman–Crippen LogP) is 3.58. The Morgan fingerprint density at radius 1 is 1.14 bits per heavy atom. The van der Waals surface area contributed by atoms with Gasteiger partial charge in [0.05, 0.1) is 5.60 Å². The molecule has 1 heterocycles. The maximum Gasteiger partial charge on any atom is 0.0986 e. The van der Waals surface area contributed by atoms with E-state index in [1.165, 1.54) is 11.1 Å². The lowest BCUT2D eigenvalue weighted by Gasteiger charge is -2.49. The van der Waals surface area contributed by atoms with Crippen molar-refractivity contribution in [2.24, 2.45) is 11.3 Å². The molecule has 2 aliphatic rings. The quantitative estimate of drug-likeness (QED) is 0.918. The molecule has 1 atom stereocenters. The summed E-state index contributed by atoms with van der Waals surface area (Å²) >= 11 is 0. The zero-order valence-electron chi connectivity index (χ0n) is 13.7. The second-order valence-corrected chi connectivity index (χ2v) is 7.17. The van der Waals surface area contributed by atoms with E-state index in [4.69, 9.17) is 0 Å². The van der Waals surface area contributed by atoms with Crippen LogP contribution in [0.3, 0.4) is 0 Å². The first-order valence-electron chi connectivity index (χ1n) is 8.56. The van der Waals surface area contributed by atoms with E-state index in [9.17, 15) is 5.11 Å². The molecule has 1 N–H and O–H groups in total. The minimum absolute atomic E-state index is 0.0251. The van der Waals surface area contributed by atoms with Crippen LogP contribution in [0.2, 0.25) is 0 Å². The Morgan fingerprint density at radius 3 is 2.38 bits per heavy atom. The molecular weight excluding hydrogens is 258 g/mol. The number of aliphatic hydroxyl groups is 1. The highest BCUT2D eigenvalue weighted by Gasteiger charge is 2.58. The van der Waals surface area contributed by atoms with Gasteiger partial charge in [-0.15, -0.1) is 0 Å². The molecule has 1 fully saturated rings. The molecule has 0 bridgehead atoms. The Balaban J connectivity index is 2.06. The summed E-state index contributed by atoms with van der Waals surface area (Å²) in [5.74, 6) is 0.400. The fraction of sp³-hybridized carbons (Fsp3) is 0.684. The summed E-state index contributed by atoms with van der Waals surface area (Å²) in [6.07, 6.45) is 5.38. The lowest BCUT2D eigenvalue weighted by molar-refractivity contribution is -0.140. The SMILES string of the molecule is CCC1(CC)Cc2ccccc2C1(O)C1CCN(C)CC1. The van der Waals surface area contributed by atoms with Crippen molar-refractivity contribution in [2.75, 3.05) is 20.1 Å². The van der Waals surface area contributed by atoms with Crippen molar-refractivity contribution >= 4 is 0 Å². The third-order valence-corrected chi connectivity index (χ3v) is 6.43. The van der Waals surface area contributed by atoms with Crippen molar-refractivity contribution in [2.45, 2.75) is 51.6 Å². The Kier molecular flexibility index (Phi) is 3.87. The van der Waals surface area contributed by atoms with E-state index in [0.717, 1.165) is 45.2 Å². The van der Waals surface area contributed by atoms with Crippen LogP contribution < -0.4 is 0 Å². The van der Waals surface area contributed by atoms with Crippen LogP contribution in [0.15, 0.2) is 24.3 Å². The van der Waals surface area contributed by atoms with E-state index < -0.39 is 5.60 Å². The summed E-state index contributed by atoms with van der Waals surface area (Å²) in [6.45, 7) is 6.74. The topological polar surface area (TPSA) is 23.5 Å². The first kappa shape index (κ1) is 15.1. The molecule has 0 saturated carbocycles. The highest BCUT2D eigenvalue weighted by molar-refractivity contribution is 5.42. The molecular formula is C19H29NO. The molecule has 2 nitrogen and oxygen atoms in total. The van der Waals surface area contributed by atoms with Gasteiger partial charge in [0.1, 0.15) is 0 Å². The maximum absolute atomic E-state index is 11.9. The van der Waals surface area contributed by atoms with E-state index in [1.807, 2.05) is 0 Å². The third kappa shape index (κ3) is 2.07. The van der Waals surface area contributed by atoms with Crippen molar-refractivity contribution in [1.29, 1.82) is 0 Å². The van der Waals surface area contributed by atoms with Gasteiger partial charge in [0.15, 0.2) is 0 Å². The normalized spacial score (nSPS) is 29.5. The first-order valence-corrected chi connectivity index (χ1v) is 8.56. The molecule has 1 aromatic rings. The minimum Gasteiger partial charge on any atom is -0.384 e. The lowest BCUT2D eigenvalue weighted by atomic mass is 9.61. The van der Waals surface area contributed by atoms with Crippen LogP contribution in [0, 0.1) is 11.3 Å². The number of nitrogens with zero attached hydrogens (tertiary/aromatic N) is 1. The first-order chi connectivity index (χ1) is 10.1. The molecule has 0 amide bonds. The Labute approximate surface area is 129 Å². The van der Waals surface area contributed by atoms with Gasteiger partial charge in [-0.25, -0.2) is 0 Å². The fourth-order valence-electron chi connectivity index (χ4n) is 4.95. The number of hydrogen-bond acceptors (Lipinski definition) is 2. The average molecular weight is 287 g/mol. The maximum atomic E-state index is 11.9. The van der Waals surface area contributed by atoms with Crippen LogP contribution in [0.5, 0.6) is 0 Å². The molecule has 0 radical (unpaired) electrons. The lowest BCUT2D eigenvalue weighted by Crippen LogP contribution is -2.51. The summed E-state index contributed by atoms with van der Waals surface area (Å²) < 4.78 is 0. The zero-order chi connectivity index (χ0) is 15.1. The Morgan fingerprint density at radius 2 is 1.76 bits per heavy atom. The molecule has 3 rings (SSSR count). The van der Waals surface area contributed by atoms with Crippen molar-refractivity contribution in [3.05, 3.63) is 35.4 Å². The molecule has 0 aromatic heterocycles. The fourth-order valence-corrected chi connectivity index (χ4v) is 4.95. The van der Waals surface area contributed by atoms with E-state index in [1.54, 1.807) is 0 Å². The average Bonchev–Trinajstić information content (AvgIpc) is 2.78. The number of hydrogen-bond donors (Lipinski definition) is 1. The van der Waals surface area contributed by atoms with Gasteiger partial charge in [0, 0.05) is 5.41 Å². The Bertz CT molecular complexity index is 500. The van der Waals surface area contributed by atoms with Crippen LogP contribution >= 0.6 is 0 Å². The van der Waals surface area contributed by atoms with E-state index in [0.29, 0.717) is 5.92 Å². The summed E-state index contributed by atoms with van der Waals surface area (Å²) in [5, 5.41) is 11.9. The second kappa shape index (κ2) is 5.40. The van der Waals surface area contributed by atoms with Gasteiger partial charge < -0.3 is 10.0 Å². The van der Waals surface area contributed by atoms with Gasteiger partial charge in [-0.2, -0.15) is 0 Å². The third-order valence-electron chi connectivity index (χ3n) is 6.43. The monoisotopic (exact) mass is 287 g/mol. The molecule has 1 unspecified atom stereocenters. The van der Waals surface area contributed by atoms with Gasteiger partial charge in [-0.3, -0.25) is 0 Å². The van der Waals surface area contributed by atoms with Crippen LogP contribution in [-0.4, -0.2) is 30.1 Å². The summed E-state index contributed by atoms with van der Waals surface area (Å²) in [5.41, 5.74) is 2.00. The van der Waals surface area contributed by atoms with Crippen molar-refractivity contribution in [3.8, 4) is 0 Å². The van der Waals surface area contributed by atoms with Crippen LogP contribution in [-0.2, 0) is 12.0 Å². The van der Waals surface area contributed by atoms with Crippen molar-refractivity contribution < 1.29 is 5.11 Å². The molecule has 1 aliphatic heterocycles. The molecule has 1 saturated heterocycles. The summed E-state index contributed by atoms with van der Waals surface area (Å²) in [7, 11) is 2.19. The smallest absolute Gasteiger partial charge is 0.0986 e. The standard InChI is InChI=1S/C19H29NO/c1-4-18(5-2)14-15-8-6-7-9-17(15)19(18,21)16-10-12-20(3)13-11-16/h6-9,16,21H,4-5,10-14H2,1-3H3. The van der Waals surface area contributed by atoms with E-state index in [2.05, 4.69) is 50.1 Å². The highest BCUT2D eigenvalue weighted by Crippen LogP contribution is 2.59. The van der Waals surface area contributed by atoms with Gasteiger partial charge in [0.2, 0.25) is 0 Å². The number of fused-ring (bicyclic) bond motifs is 1. The van der Waals surface area contributed by atoms with Gasteiger partial charge in [0.25, 0.3) is 0 Å². The van der Waals surface area contributed by atoms with Crippen LogP contribution in [0.4, 0.5) is 0 Å². The predicted molar refractivity (Wildman–Crippen MR) is 87.3 cm³/mol. The highest BCUT2D eigenvalue weighted by atomic mass is 16.3. The Hall–Kier alpha value is -0.860. The molecule has 21 heavy (non-hydrogen) atoms. The van der Waals surface area contributed by atoms with Crippen LogP contribution in [0.25, 0.3) is 0 Å². The number of likely N-dealkylation sites (tertiary alicyclic amines) is 1. The molecule has 1 aliphatic carbocycles. The van der Waals surface area contributed by atoms with Crippen molar-refractivity contribution in [1.82, 2.24) is 4.90 Å². The van der Waals surface area contributed by atoms with Crippen LogP contribution in [0.1, 0.15) is 50.7 Å². The summed E-state index contributed by atoms with van der Waals surface area (Å²) in [6, 6.07) is 8.62. The summed E-state index contributed by atoms with van der Waals surface area (Å²) in [4.78, 5) is 2.39. The van der Waals surface area contributed by atoms with Gasteiger partial charge in [-0.1, -0.05) is 38.1 Å². The molecule has 0 spiro atoms. The largest absolute Gasteiger partial charge is 0.384 e. The number of piperidine rings is 1. The number of rotatable bonds is 3. The molecule has 1 aromatic carbocycles. The second-order valence-electron chi connectivity index (χ2n) is 7.17. The van der Waals surface area contributed by atoms with E-state index in [-0.39, 0.29) is 5.41 Å². The molecule has 2 heteroatoms. The minimum atomic E-state index is -0.631. The van der Waals surface area contributed by atoms with Gasteiger partial charge >= 0.3 is 0 Å². The van der Waals surface area contributed by atoms with E-state index >= 15 is 0 Å². The van der Waals surface area contributed by atoms with Gasteiger partial charge in [-0.05, 0) is 69.3 Å². The number of benzene rings is 1. The van der Waals surface area contributed by atoms with Crippen molar-refractivity contribution in [3.63, 3.8) is 0 Å².